The lowest BCUT2D eigenvalue weighted by molar-refractivity contribution is -0.138. The quantitative estimate of drug-likeness (QED) is 0.328. The second kappa shape index (κ2) is 12.6. The molecule has 0 aliphatic carbocycles. The molecular weight excluding hydrogens is 444 g/mol. The van der Waals surface area contributed by atoms with E-state index in [1.807, 2.05) is 43.3 Å². The van der Waals surface area contributed by atoms with Crippen LogP contribution in [0.4, 0.5) is 15.3 Å². The Kier molecular flexibility index (Phi) is 9.29. The summed E-state index contributed by atoms with van der Waals surface area (Å²) in [5.74, 6) is -0.492. The maximum Gasteiger partial charge on any atom is 0.338 e. The highest BCUT2D eigenvalue weighted by Crippen LogP contribution is 2.37. The Hall–Kier alpha value is -3.81. The van der Waals surface area contributed by atoms with Crippen molar-refractivity contribution < 1.29 is 19.1 Å². The van der Waals surface area contributed by atoms with Crippen LogP contribution in [0, 0.1) is 0 Å². The van der Waals surface area contributed by atoms with Gasteiger partial charge in [0.1, 0.15) is 0 Å². The fourth-order valence-corrected chi connectivity index (χ4v) is 4.02. The van der Waals surface area contributed by atoms with Gasteiger partial charge in [-0.05, 0) is 43.0 Å². The lowest BCUT2D eigenvalue weighted by atomic mass is 9.91. The second-order valence-electron chi connectivity index (χ2n) is 8.24. The molecule has 8 heteroatoms. The molecule has 2 aromatic rings. The van der Waals surface area contributed by atoms with E-state index in [1.165, 1.54) is 0 Å². The average molecular weight is 479 g/mol. The van der Waals surface area contributed by atoms with Gasteiger partial charge in [-0.2, -0.15) is 0 Å². The number of hydrogen-bond acceptors (Lipinski definition) is 4. The zero-order chi connectivity index (χ0) is 25.2. The first-order valence-electron chi connectivity index (χ1n) is 12.2. The largest absolute Gasteiger partial charge is 0.463 e. The van der Waals surface area contributed by atoms with Crippen molar-refractivity contribution >= 4 is 29.4 Å². The summed E-state index contributed by atoms with van der Waals surface area (Å²) < 4.78 is 5.44. The molecule has 1 atom stereocenters. The van der Waals surface area contributed by atoms with E-state index in [2.05, 4.69) is 22.9 Å². The highest BCUT2D eigenvalue weighted by molar-refractivity contribution is 6.04. The Bertz CT molecular complexity index is 1070. The monoisotopic (exact) mass is 478 g/mol. The van der Waals surface area contributed by atoms with Crippen LogP contribution in [0.1, 0.15) is 57.2 Å². The van der Waals surface area contributed by atoms with E-state index in [4.69, 9.17) is 4.74 Å². The summed E-state index contributed by atoms with van der Waals surface area (Å²) in [6.45, 7) is 7.03. The van der Waals surface area contributed by atoms with Gasteiger partial charge in [-0.1, -0.05) is 62.7 Å². The highest BCUT2D eigenvalue weighted by atomic mass is 16.5. The van der Waals surface area contributed by atoms with E-state index >= 15 is 0 Å². The van der Waals surface area contributed by atoms with Crippen LogP contribution in [-0.4, -0.2) is 42.6 Å². The summed E-state index contributed by atoms with van der Waals surface area (Å²) >= 11 is 0. The van der Waals surface area contributed by atoms with Gasteiger partial charge in [0.05, 0.1) is 23.9 Å². The van der Waals surface area contributed by atoms with Crippen LogP contribution in [0.5, 0.6) is 0 Å². The van der Waals surface area contributed by atoms with Crippen molar-refractivity contribution in [1.82, 2.24) is 15.5 Å². The molecule has 0 aromatic heterocycles. The third-order valence-corrected chi connectivity index (χ3v) is 5.61. The molecule has 0 radical (unpaired) electrons. The molecule has 0 saturated carbocycles. The number of amides is 4. The third kappa shape index (κ3) is 6.41. The van der Waals surface area contributed by atoms with Gasteiger partial charge in [0.25, 0.3) is 0 Å². The van der Waals surface area contributed by atoms with E-state index in [1.54, 1.807) is 30.0 Å². The van der Waals surface area contributed by atoms with Crippen molar-refractivity contribution in [2.24, 2.45) is 0 Å². The van der Waals surface area contributed by atoms with Crippen LogP contribution < -0.4 is 16.0 Å². The van der Waals surface area contributed by atoms with Crippen molar-refractivity contribution in [3.05, 3.63) is 71.3 Å². The maximum atomic E-state index is 13.3. The first-order chi connectivity index (χ1) is 17.0. The number of nitrogens with one attached hydrogen (secondary N) is 3. The second-order valence-corrected chi connectivity index (χ2v) is 8.24. The molecule has 0 bridgehead atoms. The predicted octanol–water partition coefficient (Wildman–Crippen LogP) is 5.06. The molecule has 1 aliphatic rings. The van der Waals surface area contributed by atoms with Crippen molar-refractivity contribution in [1.29, 1.82) is 0 Å². The Morgan fingerprint density at radius 3 is 2.49 bits per heavy atom. The van der Waals surface area contributed by atoms with Gasteiger partial charge in [0, 0.05) is 18.8 Å². The SMILES string of the molecule is CCCCNC(=O)Nc1cccc(C2NC(=O)N(CCC)C(c3ccccc3)=C2C(=O)OCC)c1. The van der Waals surface area contributed by atoms with Gasteiger partial charge in [-0.3, -0.25) is 4.90 Å². The van der Waals surface area contributed by atoms with Crippen LogP contribution in [0.25, 0.3) is 5.70 Å². The molecule has 1 unspecified atom stereocenters. The van der Waals surface area contributed by atoms with Gasteiger partial charge in [-0.15, -0.1) is 0 Å². The summed E-state index contributed by atoms with van der Waals surface area (Å²) in [6, 6.07) is 15.2. The smallest absolute Gasteiger partial charge is 0.338 e. The first-order valence-corrected chi connectivity index (χ1v) is 12.2. The summed E-state index contributed by atoms with van der Waals surface area (Å²) in [6.07, 6.45) is 2.60. The molecule has 186 valence electrons. The molecule has 4 amide bonds. The van der Waals surface area contributed by atoms with E-state index in [0.29, 0.717) is 35.6 Å². The van der Waals surface area contributed by atoms with Crippen molar-refractivity contribution in [3.8, 4) is 0 Å². The van der Waals surface area contributed by atoms with Gasteiger partial charge < -0.3 is 20.7 Å². The number of esters is 1. The van der Waals surface area contributed by atoms with Gasteiger partial charge >= 0.3 is 18.0 Å². The van der Waals surface area contributed by atoms with E-state index in [0.717, 1.165) is 24.8 Å². The lowest BCUT2D eigenvalue weighted by Gasteiger charge is -2.37. The zero-order valence-corrected chi connectivity index (χ0v) is 20.6. The normalized spacial score (nSPS) is 15.5. The number of ether oxygens (including phenoxy) is 1. The van der Waals surface area contributed by atoms with E-state index < -0.39 is 12.0 Å². The Labute approximate surface area is 206 Å². The van der Waals surface area contributed by atoms with Crippen molar-refractivity contribution in [3.63, 3.8) is 0 Å². The molecule has 3 rings (SSSR count). The molecule has 0 spiro atoms. The third-order valence-electron chi connectivity index (χ3n) is 5.61. The minimum absolute atomic E-state index is 0.207. The summed E-state index contributed by atoms with van der Waals surface area (Å²) in [5.41, 5.74) is 2.88. The number of carbonyl (C=O) groups excluding carboxylic acids is 3. The minimum atomic E-state index is -0.741. The van der Waals surface area contributed by atoms with Gasteiger partial charge in [-0.25, -0.2) is 14.4 Å². The fourth-order valence-electron chi connectivity index (χ4n) is 4.02. The minimum Gasteiger partial charge on any atom is -0.463 e. The number of carbonyl (C=O) groups is 3. The molecule has 1 aliphatic heterocycles. The van der Waals surface area contributed by atoms with Crippen LogP contribution in [-0.2, 0) is 9.53 Å². The molecule has 1 heterocycles. The average Bonchev–Trinajstić information content (AvgIpc) is 2.86. The van der Waals surface area contributed by atoms with Crippen LogP contribution in [0.3, 0.4) is 0 Å². The summed E-state index contributed by atoms with van der Waals surface area (Å²) in [5, 5.41) is 8.63. The predicted molar refractivity (Wildman–Crippen MR) is 137 cm³/mol. The Morgan fingerprint density at radius 2 is 1.80 bits per heavy atom. The fraction of sp³-hybridized carbons (Fsp3) is 0.370. The van der Waals surface area contributed by atoms with Crippen LogP contribution in [0.15, 0.2) is 60.2 Å². The summed E-state index contributed by atoms with van der Waals surface area (Å²) in [4.78, 5) is 40.4. The molecule has 0 saturated heterocycles. The highest BCUT2D eigenvalue weighted by Gasteiger charge is 2.38. The number of rotatable bonds is 10. The number of benzene rings is 2. The van der Waals surface area contributed by atoms with Gasteiger partial charge in [0.15, 0.2) is 0 Å². The molecule has 2 aromatic carbocycles. The summed E-state index contributed by atoms with van der Waals surface area (Å²) in [7, 11) is 0. The van der Waals surface area contributed by atoms with Crippen molar-refractivity contribution in [2.75, 3.05) is 25.0 Å². The first kappa shape index (κ1) is 25.8. The molecule has 3 N–H and O–H groups in total. The standard InChI is InChI=1S/C27H34N4O4/c1-4-7-16-28-26(33)29-21-15-11-14-20(18-21)23-22(25(32)35-6-3)24(19-12-9-8-10-13-19)31(17-5-2)27(34)30-23/h8-15,18,23H,4-7,16-17H2,1-3H3,(H,30,34)(H2,28,29,33). The van der Waals surface area contributed by atoms with Crippen molar-refractivity contribution in [2.45, 2.75) is 46.1 Å². The van der Waals surface area contributed by atoms with Crippen LogP contribution >= 0.6 is 0 Å². The Balaban J connectivity index is 2.06. The van der Waals surface area contributed by atoms with E-state index in [-0.39, 0.29) is 18.7 Å². The number of anilines is 1. The van der Waals surface area contributed by atoms with Crippen LogP contribution in [0.2, 0.25) is 0 Å². The molecule has 8 nitrogen and oxygen atoms in total. The molecule has 35 heavy (non-hydrogen) atoms. The maximum absolute atomic E-state index is 13.3. The number of urea groups is 2. The lowest BCUT2D eigenvalue weighted by Crippen LogP contribution is -2.48. The topological polar surface area (TPSA) is 99.8 Å². The molecule has 0 fully saturated rings. The molecular formula is C27H34N4O4. The van der Waals surface area contributed by atoms with Gasteiger partial charge in [0.2, 0.25) is 0 Å². The Morgan fingerprint density at radius 1 is 1.03 bits per heavy atom. The number of unbranched alkanes of at least 4 members (excludes halogenated alkanes) is 1. The zero-order valence-electron chi connectivity index (χ0n) is 20.6. The van der Waals surface area contributed by atoms with E-state index in [9.17, 15) is 14.4 Å². The number of hydrogen-bond donors (Lipinski definition) is 3. The number of nitrogens with zero attached hydrogens (tertiary/aromatic N) is 1.